The van der Waals surface area contributed by atoms with Crippen molar-refractivity contribution in [3.05, 3.63) is 28.2 Å². The Morgan fingerprint density at radius 3 is 2.10 bits per heavy atom. The van der Waals surface area contributed by atoms with Crippen LogP contribution in [0.1, 0.15) is 41.0 Å². The molecule has 0 fully saturated rings. The molecule has 0 atom stereocenters. The van der Waals surface area contributed by atoms with Gasteiger partial charge in [-0.15, -0.1) is 0 Å². The second-order valence-corrected chi connectivity index (χ2v) is 9.40. The fourth-order valence-electron chi connectivity index (χ4n) is 2.56. The van der Waals surface area contributed by atoms with Crippen molar-refractivity contribution in [3.63, 3.8) is 0 Å². The van der Waals surface area contributed by atoms with Crippen molar-refractivity contribution in [2.24, 2.45) is 5.41 Å². The van der Waals surface area contributed by atoms with Gasteiger partial charge in [-0.2, -0.15) is 0 Å². The highest BCUT2D eigenvalue weighted by atomic mass is 79.9. The van der Waals surface area contributed by atoms with Crippen LogP contribution in [0.25, 0.3) is 0 Å². The first-order valence-corrected chi connectivity index (χ1v) is 8.70. The van der Waals surface area contributed by atoms with Gasteiger partial charge in [0, 0.05) is 16.1 Å². The molecule has 0 radical (unpaired) electrons. The molecule has 0 amide bonds. The van der Waals surface area contributed by atoms with Crippen molar-refractivity contribution in [3.8, 4) is 0 Å². The Balaban J connectivity index is 3.19. The fourth-order valence-corrected chi connectivity index (χ4v) is 5.14. The predicted molar refractivity (Wildman–Crippen MR) is 82.5 cm³/mol. The molecule has 7 heteroatoms. The van der Waals surface area contributed by atoms with Crippen LogP contribution >= 0.6 is 15.9 Å². The largest absolute Gasteiger partial charge is 0.245 e. The Morgan fingerprint density at radius 1 is 1.14 bits per heavy atom. The minimum absolute atomic E-state index is 0.107. The molecular formula is C14H20BrF2NO2S. The summed E-state index contributed by atoms with van der Waals surface area (Å²) in [6, 6.07) is 1.48. The third-order valence-corrected chi connectivity index (χ3v) is 5.28. The van der Waals surface area contributed by atoms with E-state index < -0.39 is 32.1 Å². The monoisotopic (exact) mass is 383 g/mol. The molecule has 1 aromatic rings. The molecule has 0 heterocycles. The molecule has 0 spiro atoms. The van der Waals surface area contributed by atoms with Crippen LogP contribution in [0.3, 0.4) is 0 Å². The Labute approximate surface area is 133 Å². The van der Waals surface area contributed by atoms with Gasteiger partial charge in [-0.1, -0.05) is 20.8 Å². The number of hydrogen-bond donors (Lipinski definition) is 1. The van der Waals surface area contributed by atoms with E-state index in [0.717, 1.165) is 6.07 Å². The summed E-state index contributed by atoms with van der Waals surface area (Å²) in [5.74, 6) is -1.96. The first-order chi connectivity index (χ1) is 9.23. The van der Waals surface area contributed by atoms with Crippen molar-refractivity contribution in [1.82, 2.24) is 4.72 Å². The molecule has 0 aliphatic rings. The first-order valence-electron chi connectivity index (χ1n) is 6.42. The quantitative estimate of drug-likeness (QED) is 0.845. The summed E-state index contributed by atoms with van der Waals surface area (Å²) < 4.78 is 54.0. The van der Waals surface area contributed by atoms with E-state index >= 15 is 0 Å². The highest BCUT2D eigenvalue weighted by molar-refractivity contribution is 9.10. The molecule has 21 heavy (non-hydrogen) atoms. The molecule has 120 valence electrons. The molecule has 3 nitrogen and oxygen atoms in total. The topological polar surface area (TPSA) is 46.2 Å². The number of nitrogens with one attached hydrogen (secondary N) is 1. The summed E-state index contributed by atoms with van der Waals surface area (Å²) in [6.07, 6.45) is 0.555. The van der Waals surface area contributed by atoms with Crippen LogP contribution in [-0.2, 0) is 10.0 Å². The van der Waals surface area contributed by atoms with Crippen molar-refractivity contribution >= 4 is 26.0 Å². The van der Waals surface area contributed by atoms with Gasteiger partial charge >= 0.3 is 0 Å². The second kappa shape index (κ2) is 5.93. The zero-order chi connectivity index (χ0) is 16.6. The highest BCUT2D eigenvalue weighted by Gasteiger charge is 2.33. The number of rotatable bonds is 4. The van der Waals surface area contributed by atoms with Gasteiger partial charge < -0.3 is 0 Å². The molecule has 0 saturated heterocycles. The lowest BCUT2D eigenvalue weighted by Gasteiger charge is -2.33. The van der Waals surface area contributed by atoms with Crippen LogP contribution in [-0.4, -0.2) is 14.0 Å². The minimum atomic E-state index is -4.11. The molecule has 0 aromatic heterocycles. The summed E-state index contributed by atoms with van der Waals surface area (Å²) in [4.78, 5) is -0.578. The Kier molecular flexibility index (Phi) is 5.23. The number of benzene rings is 1. The van der Waals surface area contributed by atoms with E-state index in [4.69, 9.17) is 0 Å². The molecule has 0 aliphatic heterocycles. The average Bonchev–Trinajstić information content (AvgIpc) is 2.06. The van der Waals surface area contributed by atoms with Crippen molar-refractivity contribution in [2.75, 3.05) is 0 Å². The SMILES string of the molecule is CC(C)(C)CC(C)(C)NS(=O)(=O)c1c(F)cc(F)cc1Br. The van der Waals surface area contributed by atoms with Gasteiger partial charge in [-0.25, -0.2) is 21.9 Å². The van der Waals surface area contributed by atoms with Crippen LogP contribution < -0.4 is 4.72 Å². The summed E-state index contributed by atoms with van der Waals surface area (Å²) in [5, 5.41) is 0. The minimum Gasteiger partial charge on any atom is -0.207 e. The smallest absolute Gasteiger partial charge is 0.207 e. The van der Waals surface area contributed by atoms with E-state index in [1.54, 1.807) is 13.8 Å². The van der Waals surface area contributed by atoms with Crippen LogP contribution in [0.2, 0.25) is 0 Å². The van der Waals surface area contributed by atoms with Gasteiger partial charge in [0.2, 0.25) is 10.0 Å². The number of sulfonamides is 1. The fraction of sp³-hybridized carbons (Fsp3) is 0.571. The summed E-state index contributed by atoms with van der Waals surface area (Å²) in [7, 11) is -4.11. The maximum atomic E-state index is 13.8. The Hall–Kier alpha value is -0.530. The Morgan fingerprint density at radius 2 is 1.67 bits per heavy atom. The van der Waals surface area contributed by atoms with Crippen molar-refractivity contribution in [2.45, 2.75) is 51.5 Å². The third kappa shape index (κ3) is 5.30. The molecule has 1 N–H and O–H groups in total. The molecule has 1 aromatic carbocycles. The van der Waals surface area contributed by atoms with Crippen molar-refractivity contribution < 1.29 is 17.2 Å². The highest BCUT2D eigenvalue weighted by Crippen LogP contribution is 2.31. The van der Waals surface area contributed by atoms with Gasteiger partial charge in [0.05, 0.1) is 0 Å². The van der Waals surface area contributed by atoms with E-state index in [1.165, 1.54) is 0 Å². The Bertz CT molecular complexity index is 614. The normalized spacial score (nSPS) is 13.5. The summed E-state index contributed by atoms with van der Waals surface area (Å²) in [5.41, 5.74) is -0.873. The molecule has 0 unspecified atom stereocenters. The zero-order valence-electron chi connectivity index (χ0n) is 12.7. The third-order valence-electron chi connectivity index (χ3n) is 2.61. The van der Waals surface area contributed by atoms with Gasteiger partial charge in [0.25, 0.3) is 0 Å². The molecular weight excluding hydrogens is 364 g/mol. The summed E-state index contributed by atoms with van der Waals surface area (Å²) in [6.45, 7) is 9.41. The van der Waals surface area contributed by atoms with Crippen molar-refractivity contribution in [1.29, 1.82) is 0 Å². The van der Waals surface area contributed by atoms with E-state index in [1.807, 2.05) is 20.8 Å². The van der Waals surface area contributed by atoms with Gasteiger partial charge in [0.15, 0.2) is 0 Å². The zero-order valence-corrected chi connectivity index (χ0v) is 15.1. The van der Waals surface area contributed by atoms with E-state index in [-0.39, 0.29) is 9.89 Å². The number of hydrogen-bond acceptors (Lipinski definition) is 2. The average molecular weight is 384 g/mol. The lowest BCUT2D eigenvalue weighted by atomic mass is 9.82. The van der Waals surface area contributed by atoms with Gasteiger partial charge in [0.1, 0.15) is 16.5 Å². The maximum absolute atomic E-state index is 13.8. The predicted octanol–water partition coefficient (Wildman–Crippen LogP) is 4.22. The van der Waals surface area contributed by atoms with E-state index in [0.29, 0.717) is 12.5 Å². The number of halogens is 3. The van der Waals surface area contributed by atoms with Crippen LogP contribution in [0, 0.1) is 17.0 Å². The standard InChI is InChI=1S/C14H20BrF2NO2S/c1-13(2,3)8-14(4,5)18-21(19,20)12-10(15)6-9(16)7-11(12)17/h6-7,18H,8H2,1-5H3. The van der Waals surface area contributed by atoms with Crippen LogP contribution in [0.15, 0.2) is 21.5 Å². The lowest BCUT2D eigenvalue weighted by Crippen LogP contribution is -2.46. The van der Waals surface area contributed by atoms with Crippen LogP contribution in [0.5, 0.6) is 0 Å². The van der Waals surface area contributed by atoms with Gasteiger partial charge in [-0.05, 0) is 47.7 Å². The molecule has 0 saturated carbocycles. The molecule has 0 aliphatic carbocycles. The van der Waals surface area contributed by atoms with Crippen LogP contribution in [0.4, 0.5) is 8.78 Å². The van der Waals surface area contributed by atoms with Gasteiger partial charge in [-0.3, -0.25) is 0 Å². The lowest BCUT2D eigenvalue weighted by molar-refractivity contribution is 0.269. The molecule has 0 bridgehead atoms. The first kappa shape index (κ1) is 18.5. The second-order valence-electron chi connectivity index (χ2n) is 6.93. The molecule has 1 rings (SSSR count). The maximum Gasteiger partial charge on any atom is 0.245 e. The van der Waals surface area contributed by atoms with E-state index in [9.17, 15) is 17.2 Å². The summed E-state index contributed by atoms with van der Waals surface area (Å²) >= 11 is 2.90. The van der Waals surface area contributed by atoms with E-state index in [2.05, 4.69) is 20.7 Å².